The topological polar surface area (TPSA) is 49.4 Å². The van der Waals surface area contributed by atoms with Crippen LogP contribution in [0.25, 0.3) is 0 Å². The fourth-order valence-electron chi connectivity index (χ4n) is 1.59. The summed E-state index contributed by atoms with van der Waals surface area (Å²) in [5, 5.41) is 11.8. The van der Waals surface area contributed by atoms with E-state index in [2.05, 4.69) is 0 Å². The van der Waals surface area contributed by atoms with Crippen LogP contribution in [-0.2, 0) is 4.74 Å². The quantitative estimate of drug-likeness (QED) is 0.646. The van der Waals surface area contributed by atoms with E-state index in [4.69, 9.17) is 4.74 Å². The van der Waals surface area contributed by atoms with E-state index in [-0.39, 0.29) is 27.9 Å². The Morgan fingerprint density at radius 2 is 1.35 bits per heavy atom. The summed E-state index contributed by atoms with van der Waals surface area (Å²) in [5.74, 6) is 0. The SMILES string of the molecule is CCOCC.O=C([As]=C([O-])c1ccccc1)c1ccccc1.[Li+]. The molecule has 0 aliphatic rings. The Morgan fingerprint density at radius 3 is 1.74 bits per heavy atom. The fraction of sp³-hybridized carbons (Fsp3) is 0.222. The maximum Gasteiger partial charge on any atom is 1.00 e. The zero-order chi connectivity index (χ0) is 16.2. The van der Waals surface area contributed by atoms with Crippen molar-refractivity contribution < 1.29 is 33.5 Å². The molecule has 5 heteroatoms. The molecule has 0 atom stereocenters. The molecular formula is C18H20AsLiO3. The first-order valence-corrected chi connectivity index (χ1v) is 9.04. The molecular weight excluding hydrogens is 346 g/mol. The Kier molecular flexibility index (Phi) is 12.9. The first-order chi connectivity index (χ1) is 10.7. The molecule has 3 nitrogen and oxygen atoms in total. The average Bonchev–Trinajstić information content (AvgIpc) is 2.57. The van der Waals surface area contributed by atoms with Gasteiger partial charge in [-0.2, -0.15) is 0 Å². The van der Waals surface area contributed by atoms with E-state index >= 15 is 0 Å². The van der Waals surface area contributed by atoms with Crippen molar-refractivity contribution in [3.8, 4) is 0 Å². The fourth-order valence-corrected chi connectivity index (χ4v) is 3.14. The van der Waals surface area contributed by atoms with Crippen LogP contribution in [0.2, 0.25) is 0 Å². The maximum absolute atomic E-state index is 11.8. The Labute approximate surface area is 156 Å². The minimum atomic E-state index is -0.979. The molecule has 0 spiro atoms. The van der Waals surface area contributed by atoms with Gasteiger partial charge in [-0.05, 0) is 13.8 Å². The second-order valence-corrected chi connectivity index (χ2v) is 6.41. The third-order valence-corrected chi connectivity index (χ3v) is 4.59. The molecule has 0 aliphatic heterocycles. The van der Waals surface area contributed by atoms with Gasteiger partial charge in [-0.15, -0.1) is 0 Å². The van der Waals surface area contributed by atoms with Crippen molar-refractivity contribution in [3.05, 3.63) is 71.8 Å². The minimum absolute atomic E-state index is 0. The van der Waals surface area contributed by atoms with E-state index in [1.165, 1.54) is 0 Å². The summed E-state index contributed by atoms with van der Waals surface area (Å²) in [7, 11) is 0. The molecule has 23 heavy (non-hydrogen) atoms. The van der Waals surface area contributed by atoms with Gasteiger partial charge in [0.15, 0.2) is 0 Å². The summed E-state index contributed by atoms with van der Waals surface area (Å²) in [6.07, 6.45) is 0. The molecule has 2 rings (SSSR count). The number of ether oxygens (including phenoxy) is 1. The van der Waals surface area contributed by atoms with Gasteiger partial charge < -0.3 is 4.74 Å². The summed E-state index contributed by atoms with van der Waals surface area (Å²) in [6.45, 7) is 5.67. The van der Waals surface area contributed by atoms with Crippen LogP contribution in [0, 0.1) is 0 Å². The number of carbonyl (C=O) groups excluding carboxylic acids is 1. The summed E-state index contributed by atoms with van der Waals surface area (Å²) in [6, 6.07) is 17.9. The molecule has 0 unspecified atom stereocenters. The van der Waals surface area contributed by atoms with E-state index in [9.17, 15) is 9.90 Å². The van der Waals surface area contributed by atoms with Crippen molar-refractivity contribution in [2.45, 2.75) is 13.8 Å². The van der Waals surface area contributed by atoms with Crippen molar-refractivity contribution >= 4 is 24.4 Å². The summed E-state index contributed by atoms with van der Waals surface area (Å²) in [5.41, 5.74) is 1.24. The Hall–Kier alpha value is -0.944. The number of carbonyl (C=O) groups is 1. The Morgan fingerprint density at radius 1 is 0.913 bits per heavy atom. The van der Waals surface area contributed by atoms with Gasteiger partial charge in [0.1, 0.15) is 0 Å². The van der Waals surface area contributed by atoms with Crippen LogP contribution in [-0.4, -0.2) is 37.6 Å². The van der Waals surface area contributed by atoms with Crippen LogP contribution >= 0.6 is 0 Å². The molecule has 0 amide bonds. The van der Waals surface area contributed by atoms with E-state index in [0.717, 1.165) is 13.2 Å². The monoisotopic (exact) mass is 366 g/mol. The third-order valence-electron chi connectivity index (χ3n) is 2.65. The standard InChI is InChI=1S/C14H11AsO2.C4H10O.Li/c16-13(11-7-3-1-4-8-11)15-14(17)12-9-5-2-6-10-12;1-3-5-4-2;/h1-10,16H;3-4H2,1-2H3;/q;;+1/p-1. The molecule has 2 aromatic rings. The van der Waals surface area contributed by atoms with Gasteiger partial charge in [0.05, 0.1) is 0 Å². The second kappa shape index (κ2) is 13.5. The van der Waals surface area contributed by atoms with Crippen molar-refractivity contribution in [2.75, 3.05) is 13.2 Å². The van der Waals surface area contributed by atoms with Gasteiger partial charge in [0.2, 0.25) is 0 Å². The molecule has 2 aromatic carbocycles. The molecule has 116 valence electrons. The number of rotatable bonds is 5. The number of hydrogen-bond acceptors (Lipinski definition) is 3. The molecule has 0 N–H and O–H groups in total. The smallest absolute Gasteiger partial charge is 1.00 e. The first kappa shape index (κ1) is 22.1. The summed E-state index contributed by atoms with van der Waals surface area (Å²) >= 11 is -0.979. The van der Waals surface area contributed by atoms with E-state index in [1.807, 2.05) is 26.0 Å². The molecule has 0 radical (unpaired) electrons. The predicted molar refractivity (Wildman–Crippen MR) is 89.2 cm³/mol. The second-order valence-electron chi connectivity index (χ2n) is 4.24. The normalized spacial score (nSPS) is 10.1. The van der Waals surface area contributed by atoms with Gasteiger partial charge in [-0.3, -0.25) is 0 Å². The largest absolute Gasteiger partial charge is 1.00 e. The predicted octanol–water partition coefficient (Wildman–Crippen LogP) is -0.884. The van der Waals surface area contributed by atoms with Crippen LogP contribution < -0.4 is 24.0 Å². The third kappa shape index (κ3) is 9.06. The maximum atomic E-state index is 11.8. The first-order valence-electron chi connectivity index (χ1n) is 7.17. The van der Waals surface area contributed by atoms with Gasteiger partial charge in [0, 0.05) is 13.2 Å². The van der Waals surface area contributed by atoms with Crippen molar-refractivity contribution in [1.29, 1.82) is 0 Å². The molecule has 0 saturated heterocycles. The van der Waals surface area contributed by atoms with Crippen LogP contribution in [0.1, 0.15) is 29.8 Å². The van der Waals surface area contributed by atoms with Crippen LogP contribution in [0.4, 0.5) is 0 Å². The Balaban J connectivity index is 0.000000709. The van der Waals surface area contributed by atoms with Gasteiger partial charge in [-0.25, -0.2) is 0 Å². The van der Waals surface area contributed by atoms with E-state index in [0.29, 0.717) is 11.1 Å². The number of benzene rings is 2. The van der Waals surface area contributed by atoms with Crippen molar-refractivity contribution in [2.24, 2.45) is 0 Å². The molecule has 0 fully saturated rings. The van der Waals surface area contributed by atoms with E-state index < -0.39 is 15.3 Å². The van der Waals surface area contributed by atoms with E-state index in [1.54, 1.807) is 48.5 Å². The zero-order valence-electron chi connectivity index (χ0n) is 13.9. The van der Waals surface area contributed by atoms with Crippen LogP contribution in [0.5, 0.6) is 0 Å². The molecule has 0 aromatic heterocycles. The minimum Gasteiger partial charge on any atom is 1.00 e. The van der Waals surface area contributed by atoms with Crippen LogP contribution in [0.3, 0.4) is 0 Å². The van der Waals surface area contributed by atoms with Gasteiger partial charge >= 0.3 is 125 Å². The Bertz CT molecular complexity index is 584. The van der Waals surface area contributed by atoms with Crippen molar-refractivity contribution in [1.82, 2.24) is 0 Å². The molecule has 0 bridgehead atoms. The molecule has 0 saturated carbocycles. The molecule has 0 aliphatic carbocycles. The molecule has 0 heterocycles. The average molecular weight is 366 g/mol. The van der Waals surface area contributed by atoms with Crippen molar-refractivity contribution in [3.63, 3.8) is 0 Å². The van der Waals surface area contributed by atoms with Crippen LogP contribution in [0.15, 0.2) is 60.7 Å². The summed E-state index contributed by atoms with van der Waals surface area (Å²) in [4.78, 5) is 11.8. The summed E-state index contributed by atoms with van der Waals surface area (Å²) < 4.78 is 4.74. The van der Waals surface area contributed by atoms with Gasteiger partial charge in [-0.1, -0.05) is 0 Å². The zero-order valence-corrected chi connectivity index (χ0v) is 15.7. The number of hydrogen-bond donors (Lipinski definition) is 0. The van der Waals surface area contributed by atoms with Gasteiger partial charge in [0.25, 0.3) is 0 Å².